The minimum atomic E-state index is -0.201. The van der Waals surface area contributed by atoms with Gasteiger partial charge in [0.15, 0.2) is 0 Å². The number of hydrogen-bond donors (Lipinski definition) is 0. The fourth-order valence-electron chi connectivity index (χ4n) is 7.04. The molecule has 0 N–H and O–H groups in total. The van der Waals surface area contributed by atoms with Gasteiger partial charge in [-0.25, -0.2) is 0 Å². The lowest BCUT2D eigenvalue weighted by molar-refractivity contribution is 0.590. The Bertz CT molecular complexity index is 1790. The van der Waals surface area contributed by atoms with Gasteiger partial charge in [-0.3, -0.25) is 0 Å². The number of rotatable bonds is 1. The van der Waals surface area contributed by atoms with Crippen LogP contribution in [0.3, 0.4) is 0 Å². The van der Waals surface area contributed by atoms with Gasteiger partial charge < -0.3 is 9.32 Å². The highest BCUT2D eigenvalue weighted by Gasteiger charge is 2.49. The number of benzene rings is 4. The van der Waals surface area contributed by atoms with E-state index in [4.69, 9.17) is 4.42 Å². The van der Waals surface area contributed by atoms with Crippen molar-refractivity contribution in [3.8, 4) is 0 Å². The first kappa shape index (κ1) is 25.3. The second-order valence-electron chi connectivity index (χ2n) is 14.3. The SMILES string of the molecule is CC(C)(C)c1ccc(N2c3ccccc3B3c4oc5ccc(C(C)(C)C)cc5c4C(C)(C)c4cccc2c43)cc1. The molecule has 0 unspecified atom stereocenters. The van der Waals surface area contributed by atoms with Crippen LogP contribution < -0.4 is 21.5 Å². The average Bonchev–Trinajstić information content (AvgIpc) is 3.30. The van der Waals surface area contributed by atoms with E-state index in [1.165, 1.54) is 55.6 Å². The Morgan fingerprint density at radius 1 is 0.700 bits per heavy atom. The van der Waals surface area contributed by atoms with E-state index in [0.29, 0.717) is 0 Å². The van der Waals surface area contributed by atoms with Gasteiger partial charge in [0, 0.05) is 33.4 Å². The Kier molecular flexibility index (Phi) is 5.16. The van der Waals surface area contributed by atoms with Gasteiger partial charge >= 0.3 is 0 Å². The van der Waals surface area contributed by atoms with Crippen LogP contribution in [0.1, 0.15) is 77.6 Å². The Morgan fingerprint density at radius 3 is 2.05 bits per heavy atom. The van der Waals surface area contributed by atoms with Crippen LogP contribution in [0, 0.1) is 0 Å². The van der Waals surface area contributed by atoms with Crippen LogP contribution in [-0.2, 0) is 16.2 Å². The highest BCUT2D eigenvalue weighted by molar-refractivity contribution is 6.98. The monoisotopic (exact) mass is 523 g/mol. The molecule has 0 amide bonds. The highest BCUT2D eigenvalue weighted by atomic mass is 16.3. The van der Waals surface area contributed by atoms with Crippen molar-refractivity contribution in [3.63, 3.8) is 0 Å². The molecular weight excluding hydrogens is 485 g/mol. The van der Waals surface area contributed by atoms with Crippen LogP contribution >= 0.6 is 0 Å². The summed E-state index contributed by atoms with van der Waals surface area (Å²) in [6, 6.07) is 31.7. The molecule has 2 nitrogen and oxygen atoms in total. The zero-order valence-electron chi connectivity index (χ0n) is 25.0. The molecule has 40 heavy (non-hydrogen) atoms. The predicted octanol–water partition coefficient (Wildman–Crippen LogP) is 7.97. The van der Waals surface area contributed by atoms with E-state index < -0.39 is 0 Å². The molecule has 0 saturated carbocycles. The molecule has 0 atom stereocenters. The fraction of sp³-hybridized carbons (Fsp3) is 0.297. The molecule has 5 aromatic rings. The largest absolute Gasteiger partial charge is 0.470 e. The van der Waals surface area contributed by atoms with Gasteiger partial charge in [0.05, 0.1) is 5.66 Å². The molecule has 4 aromatic carbocycles. The van der Waals surface area contributed by atoms with E-state index in [9.17, 15) is 0 Å². The molecule has 7 rings (SSSR count). The number of nitrogens with zero attached hydrogens (tertiary/aromatic N) is 1. The summed E-state index contributed by atoms with van der Waals surface area (Å²) < 4.78 is 6.88. The average molecular weight is 524 g/mol. The van der Waals surface area contributed by atoms with Crippen LogP contribution in [0.4, 0.5) is 17.1 Å². The number of furan rings is 1. The van der Waals surface area contributed by atoms with Crippen molar-refractivity contribution in [1.82, 2.24) is 0 Å². The summed E-state index contributed by atoms with van der Waals surface area (Å²) in [6.07, 6.45) is 0. The second kappa shape index (κ2) is 8.16. The van der Waals surface area contributed by atoms with Crippen molar-refractivity contribution in [3.05, 3.63) is 107 Å². The van der Waals surface area contributed by atoms with Gasteiger partial charge in [0.2, 0.25) is 0 Å². The fourth-order valence-corrected chi connectivity index (χ4v) is 7.04. The molecule has 200 valence electrons. The Hall–Kier alpha value is -3.72. The van der Waals surface area contributed by atoms with Crippen LogP contribution in [-0.4, -0.2) is 6.71 Å². The van der Waals surface area contributed by atoms with Gasteiger partial charge in [-0.1, -0.05) is 104 Å². The van der Waals surface area contributed by atoms with E-state index in [-0.39, 0.29) is 23.0 Å². The van der Waals surface area contributed by atoms with E-state index in [2.05, 4.69) is 145 Å². The van der Waals surface area contributed by atoms with Crippen molar-refractivity contribution in [1.29, 1.82) is 0 Å². The van der Waals surface area contributed by atoms with Crippen molar-refractivity contribution >= 4 is 51.3 Å². The Balaban J connectivity index is 1.51. The lowest BCUT2D eigenvalue weighted by Gasteiger charge is -2.43. The van der Waals surface area contributed by atoms with Crippen LogP contribution in [0.25, 0.3) is 11.0 Å². The lowest BCUT2D eigenvalue weighted by atomic mass is 9.32. The molecule has 0 aliphatic carbocycles. The Labute approximate surface area is 239 Å². The number of hydrogen-bond acceptors (Lipinski definition) is 2. The third-order valence-corrected chi connectivity index (χ3v) is 9.23. The molecular formula is C37H38BNO. The van der Waals surface area contributed by atoms with Gasteiger partial charge in [-0.05, 0) is 74.8 Å². The molecule has 3 heteroatoms. The third kappa shape index (κ3) is 3.49. The summed E-state index contributed by atoms with van der Waals surface area (Å²) in [6.45, 7) is 18.5. The molecule has 2 aliphatic heterocycles. The smallest absolute Gasteiger partial charge is 0.292 e. The first-order valence-electron chi connectivity index (χ1n) is 14.6. The summed E-state index contributed by atoms with van der Waals surface area (Å²) in [5.74, 6) is 0. The van der Waals surface area contributed by atoms with E-state index in [1.807, 2.05) is 0 Å². The van der Waals surface area contributed by atoms with Gasteiger partial charge in [-0.2, -0.15) is 0 Å². The summed E-state index contributed by atoms with van der Waals surface area (Å²) in [5, 5.41) is 1.25. The zero-order valence-corrected chi connectivity index (χ0v) is 25.0. The maximum Gasteiger partial charge on any atom is 0.292 e. The van der Waals surface area contributed by atoms with Crippen LogP contribution in [0.2, 0.25) is 0 Å². The first-order valence-corrected chi connectivity index (χ1v) is 14.6. The molecule has 2 aliphatic rings. The Morgan fingerprint density at radius 2 is 1.35 bits per heavy atom. The number of anilines is 3. The molecule has 1 aromatic heterocycles. The van der Waals surface area contributed by atoms with E-state index >= 15 is 0 Å². The maximum absolute atomic E-state index is 6.88. The second-order valence-corrected chi connectivity index (χ2v) is 14.3. The standard InChI is InChI=1S/C37H38BNO/c1-35(2,3)23-16-19-25(20-17-23)39-29-14-10-9-13-28(29)38-33-27(12-11-15-30(33)39)37(7,8)32-26-22-24(36(4,5)6)18-21-31(26)40-34(32)38/h9-22H,1-8H3. The minimum Gasteiger partial charge on any atom is -0.470 e. The summed E-state index contributed by atoms with van der Waals surface area (Å²) >= 11 is 0. The van der Waals surface area contributed by atoms with Crippen molar-refractivity contribution in [2.24, 2.45) is 0 Å². The lowest BCUT2D eigenvalue weighted by Crippen LogP contribution is -2.63. The summed E-state index contributed by atoms with van der Waals surface area (Å²) in [7, 11) is 0. The van der Waals surface area contributed by atoms with Crippen molar-refractivity contribution < 1.29 is 4.42 Å². The zero-order chi connectivity index (χ0) is 28.2. The summed E-state index contributed by atoms with van der Waals surface area (Å²) in [4.78, 5) is 2.46. The highest BCUT2D eigenvalue weighted by Crippen LogP contribution is 2.45. The maximum atomic E-state index is 6.88. The molecule has 0 fully saturated rings. The van der Waals surface area contributed by atoms with Gasteiger partial charge in [-0.15, -0.1) is 0 Å². The topological polar surface area (TPSA) is 16.4 Å². The molecule has 0 saturated heterocycles. The quantitative estimate of drug-likeness (QED) is 0.203. The van der Waals surface area contributed by atoms with Gasteiger partial charge in [0.1, 0.15) is 5.58 Å². The van der Waals surface area contributed by atoms with E-state index in [0.717, 1.165) is 11.2 Å². The van der Waals surface area contributed by atoms with Crippen molar-refractivity contribution in [2.75, 3.05) is 4.90 Å². The number of para-hydroxylation sites is 1. The van der Waals surface area contributed by atoms with Crippen molar-refractivity contribution in [2.45, 2.75) is 71.6 Å². The van der Waals surface area contributed by atoms with E-state index in [1.54, 1.807) is 0 Å². The first-order chi connectivity index (χ1) is 18.9. The third-order valence-electron chi connectivity index (χ3n) is 9.23. The predicted molar refractivity (Wildman–Crippen MR) is 172 cm³/mol. The number of fused-ring (bicyclic) bond motifs is 6. The molecule has 0 radical (unpaired) electrons. The van der Waals surface area contributed by atoms with Gasteiger partial charge in [0.25, 0.3) is 6.71 Å². The minimum absolute atomic E-state index is 0.0565. The molecule has 3 heterocycles. The summed E-state index contributed by atoms with van der Waals surface area (Å²) in [5.41, 5.74) is 13.8. The molecule has 0 spiro atoms. The van der Waals surface area contributed by atoms with Crippen LogP contribution in [0.15, 0.2) is 89.3 Å². The molecule has 0 bridgehead atoms. The normalized spacial score (nSPS) is 15.6. The van der Waals surface area contributed by atoms with Crippen LogP contribution in [0.5, 0.6) is 0 Å².